The lowest BCUT2D eigenvalue weighted by Crippen LogP contribution is -2.53. The van der Waals surface area contributed by atoms with Crippen molar-refractivity contribution in [2.45, 2.75) is 39.2 Å². The van der Waals surface area contributed by atoms with Crippen molar-refractivity contribution in [2.75, 3.05) is 18.4 Å². The van der Waals surface area contributed by atoms with Gasteiger partial charge in [-0.25, -0.2) is 0 Å². The van der Waals surface area contributed by atoms with Crippen molar-refractivity contribution in [3.63, 3.8) is 0 Å². The molecule has 96 valence electrons. The fourth-order valence-corrected chi connectivity index (χ4v) is 3.85. The highest BCUT2D eigenvalue weighted by molar-refractivity contribution is 9.09. The highest BCUT2D eigenvalue weighted by Crippen LogP contribution is 2.19. The van der Waals surface area contributed by atoms with E-state index in [4.69, 9.17) is 0 Å². The molecule has 1 heterocycles. The molecule has 0 aliphatic carbocycles. The number of nitrogens with one attached hydrogen (secondary N) is 1. The Balaban J connectivity index is 2.70. The van der Waals surface area contributed by atoms with Crippen LogP contribution in [0.1, 0.15) is 33.6 Å². The van der Waals surface area contributed by atoms with Crippen LogP contribution in [-0.2, 0) is 10.2 Å². The Kier molecular flexibility index (Phi) is 4.80. The summed E-state index contributed by atoms with van der Waals surface area (Å²) in [4.78, 5) is 0. The Morgan fingerprint density at radius 3 is 2.62 bits per heavy atom. The SMILES string of the molecule is CC1CCCN(S(=O)(=O)NC(C)(C)CBr)C1. The van der Waals surface area contributed by atoms with Gasteiger partial charge in [-0.2, -0.15) is 17.4 Å². The van der Waals surface area contributed by atoms with E-state index < -0.39 is 15.7 Å². The Hall–Kier alpha value is 0.350. The predicted octanol–water partition coefficient (Wildman–Crippen LogP) is 1.73. The van der Waals surface area contributed by atoms with Crippen molar-refractivity contribution in [3.8, 4) is 0 Å². The van der Waals surface area contributed by atoms with Gasteiger partial charge in [0, 0.05) is 24.0 Å². The van der Waals surface area contributed by atoms with Gasteiger partial charge in [0.15, 0.2) is 0 Å². The quantitative estimate of drug-likeness (QED) is 0.804. The van der Waals surface area contributed by atoms with E-state index in [2.05, 4.69) is 27.6 Å². The number of hydrogen-bond acceptors (Lipinski definition) is 2. The van der Waals surface area contributed by atoms with Crippen molar-refractivity contribution in [1.29, 1.82) is 0 Å². The van der Waals surface area contributed by atoms with Crippen molar-refractivity contribution < 1.29 is 8.42 Å². The van der Waals surface area contributed by atoms with E-state index in [0.717, 1.165) is 12.8 Å². The Morgan fingerprint density at radius 2 is 2.12 bits per heavy atom. The molecule has 0 amide bonds. The maximum absolute atomic E-state index is 12.1. The molecule has 1 aliphatic rings. The molecule has 1 rings (SSSR count). The standard InChI is InChI=1S/C10H21BrN2O2S/c1-9-5-4-6-13(7-9)16(14,15)12-10(2,3)8-11/h9,12H,4-8H2,1-3H3. The minimum absolute atomic E-state index is 0.445. The summed E-state index contributed by atoms with van der Waals surface area (Å²) in [6.07, 6.45) is 2.07. The summed E-state index contributed by atoms with van der Waals surface area (Å²) in [5.74, 6) is 0.456. The minimum atomic E-state index is -3.33. The third-order valence-electron chi connectivity index (χ3n) is 2.70. The van der Waals surface area contributed by atoms with Crippen LogP contribution in [0.2, 0.25) is 0 Å². The lowest BCUT2D eigenvalue weighted by Gasteiger charge is -2.33. The third-order valence-corrected chi connectivity index (χ3v) is 5.92. The molecule has 16 heavy (non-hydrogen) atoms. The molecule has 1 N–H and O–H groups in total. The molecule has 1 aliphatic heterocycles. The summed E-state index contributed by atoms with van der Waals surface area (Å²) < 4.78 is 28.5. The van der Waals surface area contributed by atoms with Crippen LogP contribution in [0.5, 0.6) is 0 Å². The molecule has 6 heteroatoms. The van der Waals surface area contributed by atoms with Crippen LogP contribution in [0.15, 0.2) is 0 Å². The van der Waals surface area contributed by atoms with E-state index in [-0.39, 0.29) is 0 Å². The van der Waals surface area contributed by atoms with E-state index >= 15 is 0 Å². The van der Waals surface area contributed by atoms with Gasteiger partial charge in [-0.15, -0.1) is 0 Å². The summed E-state index contributed by atoms with van der Waals surface area (Å²) in [5.41, 5.74) is -0.445. The first-order valence-corrected chi connectivity index (χ1v) is 8.18. The van der Waals surface area contributed by atoms with Crippen LogP contribution in [0.3, 0.4) is 0 Å². The van der Waals surface area contributed by atoms with E-state index in [1.165, 1.54) is 0 Å². The number of alkyl halides is 1. The molecule has 1 atom stereocenters. The molecule has 1 saturated heterocycles. The van der Waals surface area contributed by atoms with Gasteiger partial charge in [-0.05, 0) is 32.6 Å². The molecule has 0 spiro atoms. The van der Waals surface area contributed by atoms with E-state index in [1.807, 2.05) is 13.8 Å². The predicted molar refractivity (Wildman–Crippen MR) is 69.9 cm³/mol. The molecule has 0 radical (unpaired) electrons. The van der Waals surface area contributed by atoms with Gasteiger partial charge in [0.2, 0.25) is 0 Å². The zero-order valence-electron chi connectivity index (χ0n) is 10.2. The van der Waals surface area contributed by atoms with Crippen LogP contribution in [-0.4, -0.2) is 36.7 Å². The number of nitrogens with zero attached hydrogens (tertiary/aromatic N) is 1. The first kappa shape index (κ1) is 14.4. The highest BCUT2D eigenvalue weighted by atomic mass is 79.9. The fourth-order valence-electron chi connectivity index (χ4n) is 1.81. The summed E-state index contributed by atoms with van der Waals surface area (Å²) in [6.45, 7) is 7.10. The van der Waals surface area contributed by atoms with E-state index in [1.54, 1.807) is 4.31 Å². The summed E-state index contributed by atoms with van der Waals surface area (Å²) in [6, 6.07) is 0. The average Bonchev–Trinajstić information content (AvgIpc) is 2.16. The zero-order chi connectivity index (χ0) is 12.4. The van der Waals surface area contributed by atoms with Crippen LogP contribution in [0, 0.1) is 5.92 Å². The average molecular weight is 313 g/mol. The molecule has 0 aromatic carbocycles. The molecular formula is C10H21BrN2O2S. The van der Waals surface area contributed by atoms with Crippen molar-refractivity contribution >= 4 is 26.1 Å². The third kappa shape index (κ3) is 3.98. The van der Waals surface area contributed by atoms with Gasteiger partial charge in [0.25, 0.3) is 10.2 Å². The van der Waals surface area contributed by atoms with Crippen LogP contribution in [0.25, 0.3) is 0 Å². The second-order valence-corrected chi connectivity index (χ2v) is 7.46. The Bertz CT molecular complexity index is 330. The molecule has 0 saturated carbocycles. The molecule has 0 aromatic heterocycles. The van der Waals surface area contributed by atoms with Crippen LogP contribution in [0.4, 0.5) is 0 Å². The number of piperidine rings is 1. The van der Waals surface area contributed by atoms with E-state index in [9.17, 15) is 8.42 Å². The van der Waals surface area contributed by atoms with Gasteiger partial charge < -0.3 is 0 Å². The van der Waals surface area contributed by atoms with Gasteiger partial charge in [0.05, 0.1) is 0 Å². The molecule has 0 bridgehead atoms. The lowest BCUT2D eigenvalue weighted by atomic mass is 10.0. The summed E-state index contributed by atoms with van der Waals surface area (Å²) in [7, 11) is -3.33. The molecule has 1 fully saturated rings. The highest BCUT2D eigenvalue weighted by Gasteiger charge is 2.31. The molecule has 1 unspecified atom stereocenters. The molecule has 0 aromatic rings. The maximum atomic E-state index is 12.1. The van der Waals surface area contributed by atoms with Crippen molar-refractivity contribution in [1.82, 2.24) is 9.03 Å². The largest absolute Gasteiger partial charge is 0.279 e. The second-order valence-electron chi connectivity index (χ2n) is 5.23. The van der Waals surface area contributed by atoms with Crippen molar-refractivity contribution in [3.05, 3.63) is 0 Å². The lowest BCUT2D eigenvalue weighted by molar-refractivity contribution is 0.274. The van der Waals surface area contributed by atoms with Crippen LogP contribution >= 0.6 is 15.9 Å². The number of hydrogen-bond donors (Lipinski definition) is 1. The normalized spacial score (nSPS) is 24.6. The van der Waals surface area contributed by atoms with Crippen molar-refractivity contribution in [2.24, 2.45) is 5.92 Å². The zero-order valence-corrected chi connectivity index (χ0v) is 12.6. The smallest absolute Gasteiger partial charge is 0.196 e. The maximum Gasteiger partial charge on any atom is 0.279 e. The number of rotatable bonds is 4. The fraction of sp³-hybridized carbons (Fsp3) is 1.00. The first-order chi connectivity index (χ1) is 7.27. The topological polar surface area (TPSA) is 49.4 Å². The number of halogens is 1. The first-order valence-electron chi connectivity index (χ1n) is 5.62. The van der Waals surface area contributed by atoms with Gasteiger partial charge in [-0.3, -0.25) is 0 Å². The summed E-state index contributed by atoms with van der Waals surface area (Å²) in [5, 5.41) is 0.600. The van der Waals surface area contributed by atoms with Gasteiger partial charge in [0.1, 0.15) is 0 Å². The Morgan fingerprint density at radius 1 is 1.50 bits per heavy atom. The second kappa shape index (κ2) is 5.33. The van der Waals surface area contributed by atoms with Gasteiger partial charge in [-0.1, -0.05) is 22.9 Å². The minimum Gasteiger partial charge on any atom is -0.196 e. The monoisotopic (exact) mass is 312 g/mol. The molecule has 4 nitrogen and oxygen atoms in total. The summed E-state index contributed by atoms with van der Waals surface area (Å²) >= 11 is 3.31. The molecular weight excluding hydrogens is 292 g/mol. The van der Waals surface area contributed by atoms with Crippen LogP contribution < -0.4 is 4.72 Å². The Labute approximate surface area is 107 Å². The van der Waals surface area contributed by atoms with Gasteiger partial charge >= 0.3 is 0 Å². The van der Waals surface area contributed by atoms with E-state index in [0.29, 0.717) is 24.3 Å².